The number of halogens is 3. The van der Waals surface area contributed by atoms with E-state index in [4.69, 9.17) is 0 Å². The van der Waals surface area contributed by atoms with Crippen LogP contribution in [0.2, 0.25) is 0 Å². The van der Waals surface area contributed by atoms with Gasteiger partial charge in [0.25, 0.3) is 0 Å². The minimum Gasteiger partial charge on any atom is -0.461 e. The monoisotopic (exact) mass is 303 g/mol. The molecule has 0 amide bonds. The number of esters is 1. The fraction of sp³-hybridized carbons (Fsp3) is 0.455. The summed E-state index contributed by atoms with van der Waals surface area (Å²) in [5, 5.41) is 10.6. The van der Waals surface area contributed by atoms with Crippen molar-refractivity contribution in [3.8, 4) is 0 Å². The molecule has 0 aliphatic heterocycles. The fourth-order valence-corrected chi connectivity index (χ4v) is 1.72. The van der Waals surface area contributed by atoms with Crippen LogP contribution in [0.4, 0.5) is 13.2 Å². The summed E-state index contributed by atoms with van der Waals surface area (Å²) in [5.74, 6) is -1.14. The van der Waals surface area contributed by atoms with Crippen LogP contribution in [-0.4, -0.2) is 37.4 Å². The molecule has 0 aliphatic rings. The van der Waals surface area contributed by atoms with Gasteiger partial charge in [-0.1, -0.05) is 5.21 Å². The average Bonchev–Trinajstić information content (AvgIpc) is 3.05. The van der Waals surface area contributed by atoms with Gasteiger partial charge < -0.3 is 4.74 Å². The van der Waals surface area contributed by atoms with Gasteiger partial charge in [0.05, 0.1) is 19.7 Å². The maximum atomic E-state index is 13.1. The summed E-state index contributed by atoms with van der Waals surface area (Å²) in [6, 6.07) is 1.65. The third-order valence-corrected chi connectivity index (χ3v) is 2.57. The van der Waals surface area contributed by atoms with E-state index in [1.165, 1.54) is 17.8 Å². The molecule has 0 fully saturated rings. The molecule has 0 aromatic carbocycles. The number of hydrogen-bond acceptors (Lipinski definition) is 5. The lowest BCUT2D eigenvalue weighted by Gasteiger charge is -2.10. The molecule has 0 saturated carbocycles. The average molecular weight is 303 g/mol. The molecule has 0 bridgehead atoms. The Labute approximate surface area is 117 Å². The van der Waals surface area contributed by atoms with E-state index in [0.717, 1.165) is 0 Å². The van der Waals surface area contributed by atoms with Crippen LogP contribution in [0.15, 0.2) is 18.5 Å². The molecule has 0 spiro atoms. The van der Waals surface area contributed by atoms with Gasteiger partial charge in [0.2, 0.25) is 5.69 Å². The largest absolute Gasteiger partial charge is 0.461 e. The quantitative estimate of drug-likeness (QED) is 0.780. The van der Waals surface area contributed by atoms with Crippen molar-refractivity contribution >= 4 is 5.97 Å². The Morgan fingerprint density at radius 3 is 2.71 bits per heavy atom. The van der Waals surface area contributed by atoms with Crippen molar-refractivity contribution in [1.82, 2.24) is 24.8 Å². The number of carbonyl (C=O) groups excluding carboxylic acids is 1. The van der Waals surface area contributed by atoms with Crippen LogP contribution in [0.25, 0.3) is 0 Å². The summed E-state index contributed by atoms with van der Waals surface area (Å²) >= 11 is 0. The van der Waals surface area contributed by atoms with Gasteiger partial charge in [-0.15, -0.1) is 5.10 Å². The van der Waals surface area contributed by atoms with Crippen molar-refractivity contribution in [3.63, 3.8) is 0 Å². The predicted octanol–water partition coefficient (Wildman–Crippen LogP) is 1.37. The minimum atomic E-state index is -4.75. The standard InChI is InChI=1S/C11H12F3N5O2/c1-2-21-10(20)8-9(11(12,13)14)19(17-16-8)7-6-18-5-3-4-15-18/h3-5H,2,6-7H2,1H3. The molecule has 7 nitrogen and oxygen atoms in total. The highest BCUT2D eigenvalue weighted by Gasteiger charge is 2.41. The van der Waals surface area contributed by atoms with Crippen molar-refractivity contribution in [3.05, 3.63) is 29.8 Å². The summed E-state index contributed by atoms with van der Waals surface area (Å²) < 4.78 is 45.9. The van der Waals surface area contributed by atoms with Gasteiger partial charge in [-0.3, -0.25) is 4.68 Å². The Morgan fingerprint density at radius 2 is 2.14 bits per heavy atom. The topological polar surface area (TPSA) is 74.8 Å². The molecule has 21 heavy (non-hydrogen) atoms. The molecule has 2 aromatic rings. The van der Waals surface area contributed by atoms with Crippen molar-refractivity contribution in [2.24, 2.45) is 0 Å². The molecular weight excluding hydrogens is 291 g/mol. The number of alkyl halides is 3. The first-order valence-corrected chi connectivity index (χ1v) is 6.08. The fourth-order valence-electron chi connectivity index (χ4n) is 1.72. The van der Waals surface area contributed by atoms with Gasteiger partial charge >= 0.3 is 12.1 Å². The number of ether oxygens (including phenoxy) is 1. The Hall–Kier alpha value is -2.39. The van der Waals surface area contributed by atoms with Gasteiger partial charge in [-0.05, 0) is 13.0 Å². The molecule has 2 heterocycles. The van der Waals surface area contributed by atoms with Crippen molar-refractivity contribution in [2.75, 3.05) is 6.61 Å². The first-order valence-electron chi connectivity index (χ1n) is 6.08. The van der Waals surface area contributed by atoms with Crippen LogP contribution < -0.4 is 0 Å². The summed E-state index contributed by atoms with van der Waals surface area (Å²) in [5.41, 5.74) is -2.04. The van der Waals surface area contributed by atoms with Gasteiger partial charge in [0, 0.05) is 12.4 Å². The smallest absolute Gasteiger partial charge is 0.435 e. The van der Waals surface area contributed by atoms with Crippen molar-refractivity contribution in [1.29, 1.82) is 0 Å². The second kappa shape index (κ2) is 5.94. The van der Waals surface area contributed by atoms with Crippen LogP contribution in [0.3, 0.4) is 0 Å². The van der Waals surface area contributed by atoms with Gasteiger partial charge in [0.1, 0.15) is 0 Å². The van der Waals surface area contributed by atoms with E-state index in [2.05, 4.69) is 20.1 Å². The maximum absolute atomic E-state index is 13.1. The summed E-state index contributed by atoms with van der Waals surface area (Å²) in [7, 11) is 0. The summed E-state index contributed by atoms with van der Waals surface area (Å²) in [6.45, 7) is 1.49. The van der Waals surface area contributed by atoms with E-state index in [-0.39, 0.29) is 19.7 Å². The Kier molecular flexibility index (Phi) is 4.24. The molecule has 0 atom stereocenters. The lowest BCUT2D eigenvalue weighted by atomic mass is 10.3. The molecule has 0 radical (unpaired) electrons. The predicted molar refractivity (Wildman–Crippen MR) is 63.2 cm³/mol. The third-order valence-electron chi connectivity index (χ3n) is 2.57. The zero-order chi connectivity index (χ0) is 15.5. The minimum absolute atomic E-state index is 0.0454. The number of aromatic nitrogens is 5. The van der Waals surface area contributed by atoms with Gasteiger partial charge in [0.15, 0.2) is 5.69 Å². The van der Waals surface area contributed by atoms with Crippen LogP contribution in [0, 0.1) is 0 Å². The maximum Gasteiger partial charge on any atom is 0.435 e. The molecule has 0 N–H and O–H groups in total. The first kappa shape index (κ1) is 15.0. The number of nitrogens with zero attached hydrogens (tertiary/aromatic N) is 5. The lowest BCUT2D eigenvalue weighted by molar-refractivity contribution is -0.144. The number of rotatable bonds is 5. The van der Waals surface area contributed by atoms with Crippen LogP contribution >= 0.6 is 0 Å². The molecule has 0 unspecified atom stereocenters. The van der Waals surface area contributed by atoms with Crippen LogP contribution in [0.1, 0.15) is 23.1 Å². The van der Waals surface area contributed by atoms with E-state index in [1.807, 2.05) is 0 Å². The zero-order valence-electron chi connectivity index (χ0n) is 11.0. The highest BCUT2D eigenvalue weighted by molar-refractivity contribution is 5.88. The zero-order valence-corrected chi connectivity index (χ0v) is 11.0. The van der Waals surface area contributed by atoms with Crippen LogP contribution in [-0.2, 0) is 24.0 Å². The summed E-state index contributed by atoms with van der Waals surface area (Å²) in [4.78, 5) is 11.5. The Balaban J connectivity index is 2.26. The molecule has 0 saturated heterocycles. The second-order valence-electron chi connectivity index (χ2n) is 4.00. The normalized spacial score (nSPS) is 11.6. The van der Waals surface area contributed by atoms with E-state index in [9.17, 15) is 18.0 Å². The summed E-state index contributed by atoms with van der Waals surface area (Å²) in [6.07, 6.45) is -1.64. The SMILES string of the molecule is CCOC(=O)c1nnn(CCn2cccn2)c1C(F)(F)F. The number of aryl methyl sites for hydroxylation is 2. The Bertz CT molecular complexity index is 606. The highest BCUT2D eigenvalue weighted by Crippen LogP contribution is 2.31. The van der Waals surface area contributed by atoms with E-state index in [0.29, 0.717) is 4.68 Å². The molecule has 0 aliphatic carbocycles. The number of hydrogen-bond donors (Lipinski definition) is 0. The number of carbonyl (C=O) groups is 1. The Morgan fingerprint density at radius 1 is 1.38 bits per heavy atom. The molecular formula is C11H12F3N5O2. The first-order chi connectivity index (χ1) is 9.93. The molecule has 10 heteroatoms. The van der Waals surface area contributed by atoms with Crippen molar-refractivity contribution in [2.45, 2.75) is 26.2 Å². The van der Waals surface area contributed by atoms with Crippen LogP contribution in [0.5, 0.6) is 0 Å². The molecule has 114 valence electrons. The molecule has 2 aromatic heterocycles. The molecule has 2 rings (SSSR count). The second-order valence-corrected chi connectivity index (χ2v) is 4.00. The van der Waals surface area contributed by atoms with E-state index in [1.54, 1.807) is 12.3 Å². The van der Waals surface area contributed by atoms with Crippen molar-refractivity contribution < 1.29 is 22.7 Å². The highest BCUT2D eigenvalue weighted by atomic mass is 19.4. The van der Waals surface area contributed by atoms with Gasteiger partial charge in [-0.25, -0.2) is 9.48 Å². The van der Waals surface area contributed by atoms with E-state index >= 15 is 0 Å². The third kappa shape index (κ3) is 3.38. The van der Waals surface area contributed by atoms with Gasteiger partial charge in [-0.2, -0.15) is 18.3 Å². The lowest BCUT2D eigenvalue weighted by Crippen LogP contribution is -2.21. The van der Waals surface area contributed by atoms with E-state index < -0.39 is 23.5 Å².